The molecule has 0 atom stereocenters. The lowest BCUT2D eigenvalue weighted by molar-refractivity contribution is 0.269. The standard InChI is InChI=1S/C15H24N2O/c1-3-10-18-14-11-12(6-7-13(14)16)17-15(4-2)8-5-9-15/h6-7,11,17H,3-5,8-10,16H2,1-2H3. The van der Waals surface area contributed by atoms with Crippen molar-refractivity contribution in [2.45, 2.75) is 51.5 Å². The smallest absolute Gasteiger partial charge is 0.144 e. The maximum Gasteiger partial charge on any atom is 0.144 e. The van der Waals surface area contributed by atoms with Crippen molar-refractivity contribution in [3.8, 4) is 5.75 Å². The predicted molar refractivity (Wildman–Crippen MR) is 77.1 cm³/mol. The molecule has 0 bridgehead atoms. The second-order valence-corrected chi connectivity index (χ2v) is 5.21. The van der Waals surface area contributed by atoms with Gasteiger partial charge in [0, 0.05) is 17.3 Å². The third kappa shape index (κ3) is 2.71. The van der Waals surface area contributed by atoms with Crippen LogP contribution in [0.15, 0.2) is 18.2 Å². The lowest BCUT2D eigenvalue weighted by Gasteiger charge is -2.43. The molecule has 1 fully saturated rings. The van der Waals surface area contributed by atoms with Gasteiger partial charge in [-0.3, -0.25) is 0 Å². The van der Waals surface area contributed by atoms with Crippen LogP contribution in [0, 0.1) is 0 Å². The highest BCUT2D eigenvalue weighted by molar-refractivity contribution is 5.62. The Hall–Kier alpha value is -1.38. The quantitative estimate of drug-likeness (QED) is 0.753. The molecule has 0 aromatic heterocycles. The topological polar surface area (TPSA) is 47.3 Å². The van der Waals surface area contributed by atoms with E-state index in [4.69, 9.17) is 10.5 Å². The molecule has 3 heteroatoms. The molecule has 0 heterocycles. The molecule has 1 aromatic rings. The van der Waals surface area contributed by atoms with E-state index in [-0.39, 0.29) is 0 Å². The summed E-state index contributed by atoms with van der Waals surface area (Å²) in [5, 5.41) is 3.65. The average molecular weight is 248 g/mol. The molecule has 1 aromatic carbocycles. The summed E-state index contributed by atoms with van der Waals surface area (Å²) in [4.78, 5) is 0. The van der Waals surface area contributed by atoms with Crippen molar-refractivity contribution in [1.29, 1.82) is 0 Å². The first-order valence-electron chi connectivity index (χ1n) is 6.99. The first-order valence-corrected chi connectivity index (χ1v) is 6.99. The summed E-state index contributed by atoms with van der Waals surface area (Å²) >= 11 is 0. The van der Waals surface area contributed by atoms with Crippen LogP contribution in [0.25, 0.3) is 0 Å². The second kappa shape index (κ2) is 5.51. The Morgan fingerprint density at radius 2 is 2.11 bits per heavy atom. The van der Waals surface area contributed by atoms with Crippen molar-refractivity contribution in [3.63, 3.8) is 0 Å². The fourth-order valence-electron chi connectivity index (χ4n) is 2.43. The molecular weight excluding hydrogens is 224 g/mol. The molecule has 0 spiro atoms. The normalized spacial score (nSPS) is 17.0. The zero-order chi connectivity index (χ0) is 13.0. The van der Waals surface area contributed by atoms with Gasteiger partial charge in [0.25, 0.3) is 0 Å². The summed E-state index contributed by atoms with van der Waals surface area (Å²) < 4.78 is 5.66. The molecule has 0 saturated heterocycles. The van der Waals surface area contributed by atoms with Gasteiger partial charge < -0.3 is 15.8 Å². The number of nitrogen functional groups attached to an aromatic ring is 1. The molecule has 0 amide bonds. The Labute approximate surface area is 110 Å². The zero-order valence-electron chi connectivity index (χ0n) is 11.5. The third-order valence-corrected chi connectivity index (χ3v) is 3.87. The minimum absolute atomic E-state index is 0.304. The molecule has 3 nitrogen and oxygen atoms in total. The number of rotatable bonds is 6. The van der Waals surface area contributed by atoms with Crippen LogP contribution in [0.3, 0.4) is 0 Å². The molecule has 18 heavy (non-hydrogen) atoms. The van der Waals surface area contributed by atoms with E-state index in [1.54, 1.807) is 0 Å². The van der Waals surface area contributed by atoms with Crippen LogP contribution in [0.4, 0.5) is 11.4 Å². The van der Waals surface area contributed by atoms with Gasteiger partial charge in [0.1, 0.15) is 5.75 Å². The van der Waals surface area contributed by atoms with Gasteiger partial charge in [-0.05, 0) is 44.2 Å². The highest BCUT2D eigenvalue weighted by atomic mass is 16.5. The van der Waals surface area contributed by atoms with Gasteiger partial charge in [0.05, 0.1) is 12.3 Å². The Bertz CT molecular complexity index is 394. The van der Waals surface area contributed by atoms with Crippen molar-refractivity contribution < 1.29 is 4.74 Å². The summed E-state index contributed by atoms with van der Waals surface area (Å²) in [5.41, 5.74) is 8.06. The number of ether oxygens (including phenoxy) is 1. The molecule has 0 unspecified atom stereocenters. The summed E-state index contributed by atoms with van der Waals surface area (Å²) in [6, 6.07) is 6.00. The summed E-state index contributed by atoms with van der Waals surface area (Å²) in [6.07, 6.45) is 6.02. The van der Waals surface area contributed by atoms with Crippen LogP contribution < -0.4 is 15.8 Å². The van der Waals surface area contributed by atoms with Crippen LogP contribution in [0.1, 0.15) is 46.0 Å². The van der Waals surface area contributed by atoms with Gasteiger partial charge in [-0.1, -0.05) is 13.8 Å². The number of nitrogens with one attached hydrogen (secondary N) is 1. The van der Waals surface area contributed by atoms with Crippen molar-refractivity contribution in [2.75, 3.05) is 17.7 Å². The van der Waals surface area contributed by atoms with Crippen molar-refractivity contribution in [1.82, 2.24) is 0 Å². The first kappa shape index (κ1) is 13.1. The molecule has 0 aliphatic heterocycles. The zero-order valence-corrected chi connectivity index (χ0v) is 11.5. The Kier molecular flexibility index (Phi) is 4.00. The number of hydrogen-bond donors (Lipinski definition) is 2. The minimum atomic E-state index is 0.304. The van der Waals surface area contributed by atoms with E-state index in [0.29, 0.717) is 17.8 Å². The summed E-state index contributed by atoms with van der Waals surface area (Å²) in [7, 11) is 0. The van der Waals surface area contributed by atoms with E-state index in [1.165, 1.54) is 25.7 Å². The molecule has 2 rings (SSSR count). The Morgan fingerprint density at radius 1 is 1.33 bits per heavy atom. The molecule has 1 aliphatic carbocycles. The van der Waals surface area contributed by atoms with Gasteiger partial charge >= 0.3 is 0 Å². The van der Waals surface area contributed by atoms with Crippen LogP contribution in [0.2, 0.25) is 0 Å². The van der Waals surface area contributed by atoms with Crippen molar-refractivity contribution in [3.05, 3.63) is 18.2 Å². The maximum atomic E-state index is 5.92. The van der Waals surface area contributed by atoms with Gasteiger partial charge in [-0.2, -0.15) is 0 Å². The highest BCUT2D eigenvalue weighted by Crippen LogP contribution is 2.39. The van der Waals surface area contributed by atoms with E-state index in [0.717, 1.165) is 17.9 Å². The fourth-order valence-corrected chi connectivity index (χ4v) is 2.43. The molecule has 100 valence electrons. The third-order valence-electron chi connectivity index (χ3n) is 3.87. The van der Waals surface area contributed by atoms with Gasteiger partial charge in [-0.25, -0.2) is 0 Å². The van der Waals surface area contributed by atoms with Crippen LogP contribution in [-0.4, -0.2) is 12.1 Å². The molecular formula is C15H24N2O. The van der Waals surface area contributed by atoms with Crippen LogP contribution >= 0.6 is 0 Å². The van der Waals surface area contributed by atoms with E-state index < -0.39 is 0 Å². The Morgan fingerprint density at radius 3 is 2.67 bits per heavy atom. The van der Waals surface area contributed by atoms with Crippen LogP contribution in [0.5, 0.6) is 5.75 Å². The van der Waals surface area contributed by atoms with Crippen LogP contribution in [-0.2, 0) is 0 Å². The highest BCUT2D eigenvalue weighted by Gasteiger charge is 2.34. The summed E-state index contributed by atoms with van der Waals surface area (Å²) in [6.45, 7) is 5.06. The lowest BCUT2D eigenvalue weighted by atomic mass is 9.74. The maximum absolute atomic E-state index is 5.92. The van der Waals surface area contributed by atoms with Crippen molar-refractivity contribution in [2.24, 2.45) is 0 Å². The Balaban J connectivity index is 2.08. The predicted octanol–water partition coefficient (Wildman–Crippen LogP) is 3.80. The monoisotopic (exact) mass is 248 g/mol. The largest absolute Gasteiger partial charge is 0.491 e. The van der Waals surface area contributed by atoms with E-state index >= 15 is 0 Å². The van der Waals surface area contributed by atoms with Gasteiger partial charge in [0.15, 0.2) is 0 Å². The number of nitrogens with two attached hydrogens (primary N) is 1. The fraction of sp³-hybridized carbons (Fsp3) is 0.600. The van der Waals surface area contributed by atoms with Gasteiger partial charge in [0.2, 0.25) is 0 Å². The van der Waals surface area contributed by atoms with Crippen molar-refractivity contribution >= 4 is 11.4 Å². The lowest BCUT2D eigenvalue weighted by Crippen LogP contribution is -2.44. The second-order valence-electron chi connectivity index (χ2n) is 5.21. The number of anilines is 2. The minimum Gasteiger partial charge on any atom is -0.491 e. The van der Waals surface area contributed by atoms with Gasteiger partial charge in [-0.15, -0.1) is 0 Å². The average Bonchev–Trinajstić information content (AvgIpc) is 2.34. The molecule has 3 N–H and O–H groups in total. The van der Waals surface area contributed by atoms with E-state index in [9.17, 15) is 0 Å². The molecule has 1 saturated carbocycles. The van der Waals surface area contributed by atoms with E-state index in [1.807, 2.05) is 18.2 Å². The summed E-state index contributed by atoms with van der Waals surface area (Å²) in [5.74, 6) is 0.799. The number of hydrogen-bond acceptors (Lipinski definition) is 3. The van der Waals surface area contributed by atoms with E-state index in [2.05, 4.69) is 19.2 Å². The molecule has 1 aliphatic rings. The SMILES string of the molecule is CCCOc1cc(NC2(CC)CCC2)ccc1N. The number of benzene rings is 1. The molecule has 0 radical (unpaired) electrons. The first-order chi connectivity index (χ1) is 8.69.